The smallest absolute Gasteiger partial charge is 0.408 e. The van der Waals surface area contributed by atoms with Crippen molar-refractivity contribution in [2.45, 2.75) is 84.5 Å². The Morgan fingerprint density at radius 1 is 1.18 bits per heavy atom. The first-order valence-electron chi connectivity index (χ1n) is 11.9. The molecule has 2 atom stereocenters. The topological polar surface area (TPSA) is 87.7 Å². The molecule has 0 heterocycles. The van der Waals surface area contributed by atoms with Gasteiger partial charge in [0.05, 0.1) is 0 Å². The van der Waals surface area contributed by atoms with Gasteiger partial charge in [0.25, 0.3) is 0 Å². The van der Waals surface area contributed by atoms with Crippen LogP contribution in [-0.2, 0) is 14.3 Å². The lowest BCUT2D eigenvalue weighted by Gasteiger charge is -2.34. The molecule has 0 aromatic heterocycles. The number of carbonyl (C=O) groups excluding carboxylic acids is 3. The van der Waals surface area contributed by atoms with Gasteiger partial charge >= 0.3 is 6.09 Å². The van der Waals surface area contributed by atoms with E-state index in [1.165, 1.54) is 0 Å². The molecule has 0 aliphatic carbocycles. The van der Waals surface area contributed by atoms with Gasteiger partial charge in [0, 0.05) is 18.3 Å². The predicted octanol–water partition coefficient (Wildman–Crippen LogP) is 4.74. The minimum absolute atomic E-state index is 0.0631. The molecule has 0 radical (unpaired) electrons. The SMILES string of the molecule is C=Cc1cccc(C(C(=O)NC(C)C)N(CCCCC)C(=O)C(CS)NC(=O)OC(C)(C)C)c1. The first-order valence-corrected chi connectivity index (χ1v) is 12.5. The molecule has 2 N–H and O–H groups in total. The molecule has 1 aromatic carbocycles. The van der Waals surface area contributed by atoms with Crippen molar-refractivity contribution in [3.63, 3.8) is 0 Å². The molecule has 8 heteroatoms. The highest BCUT2D eigenvalue weighted by molar-refractivity contribution is 7.80. The molecule has 1 aromatic rings. The van der Waals surface area contributed by atoms with Gasteiger partial charge in [-0.15, -0.1) is 0 Å². The monoisotopic (exact) mass is 491 g/mol. The van der Waals surface area contributed by atoms with Crippen LogP contribution in [0.15, 0.2) is 30.8 Å². The van der Waals surface area contributed by atoms with Gasteiger partial charge in [-0.1, -0.05) is 50.6 Å². The number of rotatable bonds is 12. The predicted molar refractivity (Wildman–Crippen MR) is 141 cm³/mol. The van der Waals surface area contributed by atoms with Gasteiger partial charge in [0.15, 0.2) is 0 Å². The van der Waals surface area contributed by atoms with Gasteiger partial charge < -0.3 is 20.3 Å². The Kier molecular flexibility index (Phi) is 12.2. The van der Waals surface area contributed by atoms with Crippen molar-refractivity contribution in [3.05, 3.63) is 42.0 Å². The van der Waals surface area contributed by atoms with E-state index in [1.807, 2.05) is 38.1 Å². The highest BCUT2D eigenvalue weighted by atomic mass is 32.1. The largest absolute Gasteiger partial charge is 0.444 e. The Morgan fingerprint density at radius 2 is 1.85 bits per heavy atom. The van der Waals surface area contributed by atoms with Crippen molar-refractivity contribution in [3.8, 4) is 0 Å². The average Bonchev–Trinajstić information content (AvgIpc) is 2.74. The standard InChI is InChI=1S/C26H41N3O4S/c1-8-10-11-15-29(24(31)21(17-34)28-25(32)33-26(5,6)7)22(23(30)27-18(3)4)20-14-12-13-19(9-2)16-20/h9,12-14,16,18,21-22,34H,2,8,10-11,15,17H2,1,3-7H3,(H,27,30)(H,28,32). The zero-order chi connectivity index (χ0) is 25.9. The van der Waals surface area contributed by atoms with Gasteiger partial charge in [-0.3, -0.25) is 9.59 Å². The van der Waals surface area contributed by atoms with Gasteiger partial charge in [0.1, 0.15) is 17.7 Å². The minimum atomic E-state index is -0.947. The van der Waals surface area contributed by atoms with Gasteiger partial charge in [0.2, 0.25) is 11.8 Å². The molecule has 0 aliphatic rings. The molecule has 1 rings (SSSR count). The molecule has 0 saturated heterocycles. The highest BCUT2D eigenvalue weighted by Gasteiger charge is 2.35. The number of alkyl carbamates (subject to hydrolysis) is 1. The van der Waals surface area contributed by atoms with E-state index in [2.05, 4.69) is 36.8 Å². The summed E-state index contributed by atoms with van der Waals surface area (Å²) in [6.45, 7) is 15.2. The van der Waals surface area contributed by atoms with E-state index in [-0.39, 0.29) is 23.6 Å². The summed E-state index contributed by atoms with van der Waals surface area (Å²) in [6.07, 6.45) is 3.58. The summed E-state index contributed by atoms with van der Waals surface area (Å²) in [5.41, 5.74) is 0.814. The van der Waals surface area contributed by atoms with Crippen LogP contribution >= 0.6 is 12.6 Å². The van der Waals surface area contributed by atoms with E-state index in [1.54, 1.807) is 31.7 Å². The molecule has 0 saturated carbocycles. The Balaban J connectivity index is 3.41. The summed E-state index contributed by atoms with van der Waals surface area (Å²) in [5.74, 6) is -0.603. The van der Waals surface area contributed by atoms with E-state index in [4.69, 9.17) is 4.74 Å². The number of thiol groups is 1. The second-order valence-electron chi connectivity index (χ2n) is 9.56. The number of nitrogens with one attached hydrogen (secondary N) is 2. The zero-order valence-corrected chi connectivity index (χ0v) is 22.3. The number of amides is 3. The van der Waals surface area contributed by atoms with E-state index >= 15 is 0 Å². The average molecular weight is 492 g/mol. The molecular weight excluding hydrogens is 450 g/mol. The Hall–Kier alpha value is -2.48. The van der Waals surface area contributed by atoms with Crippen LogP contribution in [0, 0.1) is 0 Å². The Labute approximate surface area is 210 Å². The zero-order valence-electron chi connectivity index (χ0n) is 21.4. The summed E-state index contributed by atoms with van der Waals surface area (Å²) in [7, 11) is 0. The van der Waals surface area contributed by atoms with E-state index < -0.39 is 23.8 Å². The maximum Gasteiger partial charge on any atom is 0.408 e. The lowest BCUT2D eigenvalue weighted by Crippen LogP contribution is -2.54. The molecule has 34 heavy (non-hydrogen) atoms. The fraction of sp³-hybridized carbons (Fsp3) is 0.577. The molecule has 3 amide bonds. The van der Waals surface area contributed by atoms with Gasteiger partial charge in [-0.25, -0.2) is 4.79 Å². The summed E-state index contributed by atoms with van der Waals surface area (Å²) in [6, 6.07) is 5.49. The highest BCUT2D eigenvalue weighted by Crippen LogP contribution is 2.25. The summed E-state index contributed by atoms with van der Waals surface area (Å²) < 4.78 is 5.33. The lowest BCUT2D eigenvalue weighted by atomic mass is 9.99. The van der Waals surface area contributed by atoms with Crippen LogP contribution in [-0.4, -0.2) is 52.8 Å². The van der Waals surface area contributed by atoms with Crippen LogP contribution in [0.2, 0.25) is 0 Å². The van der Waals surface area contributed by atoms with Crippen molar-refractivity contribution in [1.82, 2.24) is 15.5 Å². The molecular formula is C26H41N3O4S. The summed E-state index contributed by atoms with van der Waals surface area (Å²) in [5, 5.41) is 5.57. The quantitative estimate of drug-likeness (QED) is 0.291. The third-order valence-corrected chi connectivity index (χ3v) is 5.28. The van der Waals surface area contributed by atoms with Crippen molar-refractivity contribution < 1.29 is 19.1 Å². The maximum absolute atomic E-state index is 13.7. The molecule has 0 spiro atoms. The number of carbonyl (C=O) groups is 3. The van der Waals surface area contributed by atoms with E-state index in [0.717, 1.165) is 24.8 Å². The number of benzene rings is 1. The molecule has 0 fully saturated rings. The number of unbranched alkanes of at least 4 members (excludes halogenated alkanes) is 2. The molecule has 7 nitrogen and oxygen atoms in total. The van der Waals surface area contributed by atoms with Crippen LogP contribution in [0.1, 0.15) is 78.0 Å². The van der Waals surface area contributed by atoms with Crippen molar-refractivity contribution in [2.24, 2.45) is 0 Å². The number of ether oxygens (including phenoxy) is 1. The second-order valence-corrected chi connectivity index (χ2v) is 9.93. The lowest BCUT2D eigenvalue weighted by molar-refractivity contribution is -0.142. The van der Waals surface area contributed by atoms with Crippen molar-refractivity contribution in [2.75, 3.05) is 12.3 Å². The van der Waals surface area contributed by atoms with Crippen LogP contribution in [0.25, 0.3) is 6.08 Å². The van der Waals surface area contributed by atoms with Gasteiger partial charge in [-0.05, 0) is 58.2 Å². The second kappa shape index (κ2) is 14.0. The fourth-order valence-corrected chi connectivity index (χ4v) is 3.67. The first-order chi connectivity index (χ1) is 15.9. The molecule has 0 bridgehead atoms. The molecule has 190 valence electrons. The number of hydrogen-bond donors (Lipinski definition) is 3. The Morgan fingerprint density at radius 3 is 2.38 bits per heavy atom. The van der Waals surface area contributed by atoms with Crippen LogP contribution in [0.3, 0.4) is 0 Å². The van der Waals surface area contributed by atoms with Gasteiger partial charge in [-0.2, -0.15) is 12.6 Å². The maximum atomic E-state index is 13.7. The molecule has 0 aliphatic heterocycles. The van der Waals surface area contributed by atoms with Crippen LogP contribution in [0.5, 0.6) is 0 Å². The summed E-state index contributed by atoms with van der Waals surface area (Å²) >= 11 is 4.31. The van der Waals surface area contributed by atoms with Crippen LogP contribution < -0.4 is 10.6 Å². The minimum Gasteiger partial charge on any atom is -0.444 e. The fourth-order valence-electron chi connectivity index (χ4n) is 3.43. The van der Waals surface area contributed by atoms with Crippen LogP contribution in [0.4, 0.5) is 4.79 Å². The summed E-state index contributed by atoms with van der Waals surface area (Å²) in [4.78, 5) is 41.1. The third-order valence-electron chi connectivity index (χ3n) is 4.91. The third kappa shape index (κ3) is 9.79. The molecule has 2 unspecified atom stereocenters. The van der Waals surface area contributed by atoms with Crippen molar-refractivity contribution in [1.29, 1.82) is 0 Å². The van der Waals surface area contributed by atoms with E-state index in [0.29, 0.717) is 12.1 Å². The Bertz CT molecular complexity index is 836. The first kappa shape index (κ1) is 29.6. The van der Waals surface area contributed by atoms with Crippen molar-refractivity contribution >= 4 is 36.6 Å². The number of nitrogens with zero attached hydrogens (tertiary/aromatic N) is 1. The normalized spacial score (nSPS) is 13.1. The van der Waals surface area contributed by atoms with E-state index in [9.17, 15) is 14.4 Å². The number of hydrogen-bond acceptors (Lipinski definition) is 5.